The molecule has 2 heterocycles. The second-order valence-corrected chi connectivity index (χ2v) is 9.73. The summed E-state index contributed by atoms with van der Waals surface area (Å²) in [5.74, 6) is 0.621. The van der Waals surface area contributed by atoms with E-state index in [0.29, 0.717) is 40.1 Å². The van der Waals surface area contributed by atoms with Gasteiger partial charge < -0.3 is 10.6 Å². The third kappa shape index (κ3) is 6.89. The summed E-state index contributed by atoms with van der Waals surface area (Å²) in [7, 11) is 0. The fraction of sp³-hybridized carbons (Fsp3) is 0.320. The number of carbonyl (C=O) groups excluding carboxylic acids is 3. The Hall–Kier alpha value is -3.24. The van der Waals surface area contributed by atoms with Crippen molar-refractivity contribution >= 4 is 46.0 Å². The number of hydrogen-bond donors (Lipinski definition) is 3. The highest BCUT2D eigenvalue weighted by atomic mass is 32.2. The number of amides is 3. The van der Waals surface area contributed by atoms with E-state index in [1.165, 1.54) is 11.3 Å². The molecule has 0 aliphatic rings. The van der Waals surface area contributed by atoms with Crippen molar-refractivity contribution in [3.05, 3.63) is 53.2 Å². The molecule has 0 saturated heterocycles. The number of urea groups is 1. The third-order valence-corrected chi connectivity index (χ3v) is 6.89. The molecule has 0 aliphatic carbocycles. The highest BCUT2D eigenvalue weighted by molar-refractivity contribution is 8.14. The van der Waals surface area contributed by atoms with Crippen LogP contribution in [0, 0.1) is 0 Å². The number of hydrogen-bond acceptors (Lipinski definition) is 7. The normalized spacial score (nSPS) is 10.6. The molecule has 3 N–H and O–H groups in total. The first-order valence-electron chi connectivity index (χ1n) is 11.5. The van der Waals surface area contributed by atoms with Crippen LogP contribution in [0.3, 0.4) is 0 Å². The third-order valence-electron chi connectivity index (χ3n) is 4.92. The van der Waals surface area contributed by atoms with Gasteiger partial charge in [-0.05, 0) is 36.3 Å². The minimum absolute atomic E-state index is 0.135. The molecular weight excluding hydrogens is 482 g/mol. The quantitative estimate of drug-likeness (QED) is 0.313. The zero-order valence-corrected chi connectivity index (χ0v) is 21.6. The number of anilines is 1. The number of pyridine rings is 1. The molecule has 3 rings (SSSR count). The van der Waals surface area contributed by atoms with Crippen molar-refractivity contribution in [1.82, 2.24) is 20.6 Å². The van der Waals surface area contributed by atoms with Gasteiger partial charge in [0.1, 0.15) is 15.7 Å². The molecule has 0 spiro atoms. The van der Waals surface area contributed by atoms with E-state index in [1.807, 2.05) is 51.1 Å². The van der Waals surface area contributed by atoms with Crippen molar-refractivity contribution in [1.29, 1.82) is 0 Å². The first-order chi connectivity index (χ1) is 17.0. The molecular formula is C25H29N5O3S2. The molecule has 10 heteroatoms. The Morgan fingerprint density at radius 2 is 1.80 bits per heavy atom. The van der Waals surface area contributed by atoms with Gasteiger partial charge in [0.05, 0.1) is 0 Å². The van der Waals surface area contributed by atoms with E-state index < -0.39 is 0 Å². The molecule has 3 aromatic rings. The van der Waals surface area contributed by atoms with Gasteiger partial charge in [0.15, 0.2) is 5.69 Å². The van der Waals surface area contributed by atoms with Gasteiger partial charge in [-0.15, -0.1) is 11.3 Å². The van der Waals surface area contributed by atoms with Gasteiger partial charge in [0, 0.05) is 24.8 Å². The molecule has 0 saturated carbocycles. The Labute approximate surface area is 213 Å². The Kier molecular flexibility index (Phi) is 9.80. The number of thioether (sulfide) groups is 1. The summed E-state index contributed by atoms with van der Waals surface area (Å²) in [6.07, 6.45) is 3.41. The van der Waals surface area contributed by atoms with Crippen LogP contribution in [0.1, 0.15) is 53.8 Å². The summed E-state index contributed by atoms with van der Waals surface area (Å²) in [6, 6.07) is 11.1. The van der Waals surface area contributed by atoms with Crippen LogP contribution in [0.25, 0.3) is 21.7 Å². The summed E-state index contributed by atoms with van der Waals surface area (Å²) >= 11 is 2.33. The average Bonchev–Trinajstić information content (AvgIpc) is 3.30. The van der Waals surface area contributed by atoms with E-state index in [9.17, 15) is 14.4 Å². The number of nitrogens with one attached hydrogen (secondary N) is 3. The van der Waals surface area contributed by atoms with Crippen LogP contribution in [0.4, 0.5) is 10.6 Å². The van der Waals surface area contributed by atoms with Gasteiger partial charge in [-0.1, -0.05) is 62.4 Å². The van der Waals surface area contributed by atoms with Crippen LogP contribution >= 0.6 is 23.1 Å². The summed E-state index contributed by atoms with van der Waals surface area (Å²) in [4.78, 5) is 47.1. The lowest BCUT2D eigenvalue weighted by molar-refractivity contribution is 0.0942. The van der Waals surface area contributed by atoms with E-state index in [4.69, 9.17) is 0 Å². The van der Waals surface area contributed by atoms with Crippen molar-refractivity contribution in [3.8, 4) is 21.7 Å². The van der Waals surface area contributed by atoms with Gasteiger partial charge in [0.2, 0.25) is 5.12 Å². The van der Waals surface area contributed by atoms with Gasteiger partial charge >= 0.3 is 6.03 Å². The molecule has 2 aromatic heterocycles. The number of carbonyl (C=O) groups is 3. The minimum Gasteiger partial charge on any atom is -0.351 e. The lowest BCUT2D eigenvalue weighted by atomic mass is 10.0. The summed E-state index contributed by atoms with van der Waals surface area (Å²) in [5.41, 5.74) is 2.48. The fourth-order valence-corrected chi connectivity index (χ4v) is 4.97. The lowest BCUT2D eigenvalue weighted by Gasteiger charge is -2.11. The van der Waals surface area contributed by atoms with Crippen LogP contribution in [0.5, 0.6) is 0 Å². The van der Waals surface area contributed by atoms with Crippen molar-refractivity contribution in [2.75, 3.05) is 24.2 Å². The largest absolute Gasteiger partial charge is 0.351 e. The predicted molar refractivity (Wildman–Crippen MR) is 143 cm³/mol. The molecule has 0 unspecified atom stereocenters. The molecule has 35 heavy (non-hydrogen) atoms. The zero-order valence-electron chi connectivity index (χ0n) is 20.0. The van der Waals surface area contributed by atoms with E-state index in [2.05, 4.69) is 25.9 Å². The SMILES string of the molecule is CCCCNC(=O)c1nc(-c2cnc(NC(=O)NCC)cc2-c2ccccc2)sc1C(=O)SCC. The van der Waals surface area contributed by atoms with E-state index in [0.717, 1.165) is 35.7 Å². The molecule has 0 radical (unpaired) electrons. The highest BCUT2D eigenvalue weighted by Crippen LogP contribution is 2.37. The van der Waals surface area contributed by atoms with Crippen LogP contribution < -0.4 is 16.0 Å². The highest BCUT2D eigenvalue weighted by Gasteiger charge is 2.25. The smallest absolute Gasteiger partial charge is 0.320 e. The number of benzene rings is 1. The standard InChI is InChI=1S/C25H29N5O3S2/c1-4-7-13-27-22(31)20-21(24(32)34-6-3)35-23(30-20)18-15-28-19(29-25(33)26-5-2)14-17(18)16-11-9-8-10-12-16/h8-12,14-15H,4-7,13H2,1-3H3,(H,27,31)(H2,26,28,29,33). The number of unbranched alkanes of at least 4 members (excludes halogenated alkanes) is 1. The fourth-order valence-electron chi connectivity index (χ4n) is 3.26. The molecule has 3 amide bonds. The number of rotatable bonds is 10. The minimum atomic E-state index is -0.357. The lowest BCUT2D eigenvalue weighted by Crippen LogP contribution is -2.28. The van der Waals surface area contributed by atoms with Gasteiger partial charge in [-0.3, -0.25) is 14.9 Å². The summed E-state index contributed by atoms with van der Waals surface area (Å²) in [5, 5.41) is 8.61. The maximum atomic E-state index is 12.9. The average molecular weight is 512 g/mol. The number of aromatic nitrogens is 2. The molecule has 184 valence electrons. The van der Waals surface area contributed by atoms with Gasteiger partial charge in [-0.2, -0.15) is 0 Å². The first kappa shape index (κ1) is 26.4. The Morgan fingerprint density at radius 1 is 1.03 bits per heavy atom. The topological polar surface area (TPSA) is 113 Å². The van der Waals surface area contributed by atoms with Crippen molar-refractivity contribution < 1.29 is 14.4 Å². The predicted octanol–water partition coefficient (Wildman–Crippen LogP) is 5.44. The Balaban J connectivity index is 2.08. The van der Waals surface area contributed by atoms with Crippen LogP contribution in [0.2, 0.25) is 0 Å². The van der Waals surface area contributed by atoms with E-state index >= 15 is 0 Å². The van der Waals surface area contributed by atoms with E-state index in [1.54, 1.807) is 12.3 Å². The van der Waals surface area contributed by atoms with Crippen molar-refractivity contribution in [3.63, 3.8) is 0 Å². The molecule has 0 bridgehead atoms. The van der Waals surface area contributed by atoms with Gasteiger partial charge in [-0.25, -0.2) is 14.8 Å². The first-order valence-corrected chi connectivity index (χ1v) is 13.3. The molecule has 0 fully saturated rings. The monoisotopic (exact) mass is 511 g/mol. The number of thiazole rings is 1. The maximum Gasteiger partial charge on any atom is 0.320 e. The zero-order chi connectivity index (χ0) is 25.2. The van der Waals surface area contributed by atoms with Crippen molar-refractivity contribution in [2.45, 2.75) is 33.6 Å². The van der Waals surface area contributed by atoms with E-state index in [-0.39, 0.29) is 22.7 Å². The Morgan fingerprint density at radius 3 is 2.49 bits per heavy atom. The second kappa shape index (κ2) is 13.0. The van der Waals surface area contributed by atoms with Gasteiger partial charge in [0.25, 0.3) is 5.91 Å². The summed E-state index contributed by atoms with van der Waals surface area (Å²) in [6.45, 7) is 6.78. The maximum absolute atomic E-state index is 12.9. The van der Waals surface area contributed by atoms with Crippen LogP contribution in [0.15, 0.2) is 42.6 Å². The summed E-state index contributed by atoms with van der Waals surface area (Å²) < 4.78 is 0. The molecule has 1 aromatic carbocycles. The second-order valence-electron chi connectivity index (χ2n) is 7.49. The van der Waals surface area contributed by atoms with Crippen LogP contribution in [-0.4, -0.2) is 45.9 Å². The van der Waals surface area contributed by atoms with Crippen LogP contribution in [-0.2, 0) is 0 Å². The molecule has 8 nitrogen and oxygen atoms in total. The molecule has 0 aliphatic heterocycles. The van der Waals surface area contributed by atoms with Crippen molar-refractivity contribution in [2.24, 2.45) is 0 Å². The Bertz CT molecular complexity index is 1180. The number of nitrogens with zero attached hydrogens (tertiary/aromatic N) is 2. The molecule has 0 atom stereocenters.